The topological polar surface area (TPSA) is 17.1 Å². The van der Waals surface area contributed by atoms with Crippen molar-refractivity contribution in [3.8, 4) is 0 Å². The molecule has 1 rings (SSSR count). The summed E-state index contributed by atoms with van der Waals surface area (Å²) < 4.78 is 36.5. The van der Waals surface area contributed by atoms with Crippen molar-refractivity contribution in [3.05, 3.63) is 20.3 Å². The summed E-state index contributed by atoms with van der Waals surface area (Å²) in [5.74, 6) is 0. The molecule has 0 radical (unpaired) electrons. The van der Waals surface area contributed by atoms with Crippen LogP contribution in [0.5, 0.6) is 0 Å². The van der Waals surface area contributed by atoms with Crippen molar-refractivity contribution >= 4 is 33.6 Å². The zero-order chi connectivity index (χ0) is 9.35. The molecule has 12 heavy (non-hydrogen) atoms. The lowest BCUT2D eigenvalue weighted by molar-refractivity contribution is -0.137. The molecule has 0 aliphatic rings. The highest BCUT2D eigenvalue weighted by atomic mass is 79.9. The molecule has 0 N–H and O–H groups in total. The zero-order valence-electron chi connectivity index (χ0n) is 5.48. The van der Waals surface area contributed by atoms with Crippen LogP contribution in [0.15, 0.2) is 9.85 Å². The van der Waals surface area contributed by atoms with E-state index in [1.165, 1.54) is 0 Å². The largest absolute Gasteiger partial charge is 0.417 e. The van der Waals surface area contributed by atoms with Crippen LogP contribution in [0.2, 0.25) is 0 Å². The van der Waals surface area contributed by atoms with Crippen LogP contribution in [0.25, 0.3) is 0 Å². The van der Waals surface area contributed by atoms with Gasteiger partial charge in [-0.1, -0.05) is 0 Å². The Labute approximate surface area is 78.3 Å². The molecule has 0 amide bonds. The van der Waals surface area contributed by atoms with Crippen molar-refractivity contribution in [2.24, 2.45) is 0 Å². The van der Waals surface area contributed by atoms with Crippen LogP contribution in [0.3, 0.4) is 0 Å². The molecule has 0 aromatic carbocycles. The molecular weight excluding hydrogens is 257 g/mol. The van der Waals surface area contributed by atoms with E-state index in [2.05, 4.69) is 15.9 Å². The number of rotatable bonds is 1. The van der Waals surface area contributed by atoms with E-state index in [1.807, 2.05) is 0 Å². The van der Waals surface area contributed by atoms with Gasteiger partial charge >= 0.3 is 6.18 Å². The van der Waals surface area contributed by atoms with Gasteiger partial charge in [-0.3, -0.25) is 4.79 Å². The van der Waals surface area contributed by atoms with Gasteiger partial charge in [-0.25, -0.2) is 0 Å². The molecule has 66 valence electrons. The second-order valence-electron chi connectivity index (χ2n) is 1.94. The van der Waals surface area contributed by atoms with Gasteiger partial charge in [0, 0.05) is 0 Å². The smallest absolute Gasteiger partial charge is 0.297 e. The second-order valence-corrected chi connectivity index (χ2v) is 4.41. The SMILES string of the molecule is O=Cc1sc(Br)cc1C(F)(F)F. The monoisotopic (exact) mass is 258 g/mol. The molecule has 0 bridgehead atoms. The summed E-state index contributed by atoms with van der Waals surface area (Å²) in [7, 11) is 0. The first kappa shape index (κ1) is 9.73. The third kappa shape index (κ3) is 1.87. The van der Waals surface area contributed by atoms with E-state index in [-0.39, 0.29) is 11.2 Å². The lowest BCUT2D eigenvalue weighted by Gasteiger charge is -2.02. The van der Waals surface area contributed by atoms with Gasteiger partial charge in [0.05, 0.1) is 14.2 Å². The molecule has 0 aliphatic heterocycles. The Hall–Kier alpha value is -0.360. The summed E-state index contributed by atoms with van der Waals surface area (Å²) in [6, 6.07) is 0.897. The van der Waals surface area contributed by atoms with Gasteiger partial charge in [-0.15, -0.1) is 11.3 Å². The first-order valence-corrected chi connectivity index (χ1v) is 4.38. The number of alkyl halides is 3. The van der Waals surface area contributed by atoms with Gasteiger partial charge in [-0.05, 0) is 22.0 Å². The van der Waals surface area contributed by atoms with E-state index < -0.39 is 11.7 Å². The van der Waals surface area contributed by atoms with E-state index in [0.717, 1.165) is 17.4 Å². The molecule has 0 aliphatic carbocycles. The van der Waals surface area contributed by atoms with Crippen LogP contribution in [0, 0.1) is 0 Å². The molecule has 1 heterocycles. The van der Waals surface area contributed by atoms with Crippen LogP contribution in [0.4, 0.5) is 13.2 Å². The van der Waals surface area contributed by atoms with E-state index in [4.69, 9.17) is 0 Å². The number of aldehydes is 1. The third-order valence-corrected chi connectivity index (χ3v) is 2.71. The highest BCUT2D eigenvalue weighted by Crippen LogP contribution is 2.37. The number of hydrogen-bond donors (Lipinski definition) is 0. The standard InChI is InChI=1S/C6H2BrF3OS/c7-5-1-3(6(8,9)10)4(2-11)12-5/h1-2H. The van der Waals surface area contributed by atoms with Crippen LogP contribution < -0.4 is 0 Å². The summed E-state index contributed by atoms with van der Waals surface area (Å²) in [6.45, 7) is 0. The summed E-state index contributed by atoms with van der Waals surface area (Å²) >= 11 is 3.65. The third-order valence-electron chi connectivity index (χ3n) is 1.14. The van der Waals surface area contributed by atoms with Crippen molar-refractivity contribution in [1.82, 2.24) is 0 Å². The first-order chi connectivity index (χ1) is 5.45. The molecule has 1 aromatic rings. The second kappa shape index (κ2) is 3.18. The van der Waals surface area contributed by atoms with E-state index >= 15 is 0 Å². The summed E-state index contributed by atoms with van der Waals surface area (Å²) in [5.41, 5.74) is -0.880. The Morgan fingerprint density at radius 3 is 2.42 bits per heavy atom. The minimum atomic E-state index is -4.45. The van der Waals surface area contributed by atoms with Crippen molar-refractivity contribution in [3.63, 3.8) is 0 Å². The van der Waals surface area contributed by atoms with Crippen LogP contribution in [0.1, 0.15) is 15.2 Å². The minimum absolute atomic E-state index is 0.207. The summed E-state index contributed by atoms with van der Waals surface area (Å²) in [6.07, 6.45) is -4.24. The van der Waals surface area contributed by atoms with E-state index in [1.54, 1.807) is 0 Å². The Kier molecular flexibility index (Phi) is 2.58. The van der Waals surface area contributed by atoms with E-state index in [0.29, 0.717) is 3.79 Å². The lowest BCUT2D eigenvalue weighted by Crippen LogP contribution is -2.05. The summed E-state index contributed by atoms with van der Waals surface area (Å²) in [5, 5.41) is 0. The molecule has 6 heteroatoms. The fourth-order valence-electron chi connectivity index (χ4n) is 0.683. The lowest BCUT2D eigenvalue weighted by atomic mass is 10.2. The first-order valence-electron chi connectivity index (χ1n) is 2.77. The van der Waals surface area contributed by atoms with Gasteiger partial charge in [0.15, 0.2) is 6.29 Å². The van der Waals surface area contributed by atoms with Crippen molar-refractivity contribution < 1.29 is 18.0 Å². The molecule has 1 nitrogen and oxygen atoms in total. The predicted octanol–water partition coefficient (Wildman–Crippen LogP) is 3.34. The number of thiophene rings is 1. The van der Waals surface area contributed by atoms with Gasteiger partial charge in [0.2, 0.25) is 0 Å². The summed E-state index contributed by atoms with van der Waals surface area (Å²) in [4.78, 5) is 9.88. The van der Waals surface area contributed by atoms with Gasteiger partial charge < -0.3 is 0 Å². The van der Waals surface area contributed by atoms with Gasteiger partial charge in [0.25, 0.3) is 0 Å². The Balaban J connectivity index is 3.22. The fraction of sp³-hybridized carbons (Fsp3) is 0.167. The number of hydrogen-bond acceptors (Lipinski definition) is 2. The number of carbonyl (C=O) groups excluding carboxylic acids is 1. The minimum Gasteiger partial charge on any atom is -0.297 e. The predicted molar refractivity (Wildman–Crippen MR) is 42.4 cm³/mol. The molecule has 0 unspecified atom stereocenters. The van der Waals surface area contributed by atoms with Crippen molar-refractivity contribution in [1.29, 1.82) is 0 Å². The molecule has 0 atom stereocenters. The molecule has 0 saturated carbocycles. The maximum Gasteiger partial charge on any atom is 0.417 e. The number of carbonyl (C=O) groups is 1. The Morgan fingerprint density at radius 2 is 2.08 bits per heavy atom. The molecule has 1 aromatic heterocycles. The van der Waals surface area contributed by atoms with Crippen molar-refractivity contribution in [2.45, 2.75) is 6.18 Å². The quantitative estimate of drug-likeness (QED) is 0.707. The average Bonchev–Trinajstić information content (AvgIpc) is 2.29. The molecule has 0 fully saturated rings. The Morgan fingerprint density at radius 1 is 1.50 bits per heavy atom. The van der Waals surface area contributed by atoms with Crippen molar-refractivity contribution in [2.75, 3.05) is 0 Å². The van der Waals surface area contributed by atoms with Gasteiger partial charge in [-0.2, -0.15) is 13.2 Å². The zero-order valence-corrected chi connectivity index (χ0v) is 7.89. The maximum absolute atomic E-state index is 12.1. The van der Waals surface area contributed by atoms with Gasteiger partial charge in [0.1, 0.15) is 0 Å². The van der Waals surface area contributed by atoms with Crippen LogP contribution >= 0.6 is 27.3 Å². The molecular formula is C6H2BrF3OS. The average molecular weight is 259 g/mol. The highest BCUT2D eigenvalue weighted by Gasteiger charge is 2.34. The molecule has 0 spiro atoms. The van der Waals surface area contributed by atoms with Crippen LogP contribution in [-0.2, 0) is 6.18 Å². The highest BCUT2D eigenvalue weighted by molar-refractivity contribution is 9.11. The molecule has 0 saturated heterocycles. The Bertz CT molecular complexity index is 304. The van der Waals surface area contributed by atoms with E-state index in [9.17, 15) is 18.0 Å². The van der Waals surface area contributed by atoms with Crippen LogP contribution in [-0.4, -0.2) is 6.29 Å². The fourth-order valence-corrected chi connectivity index (χ4v) is 2.15. The maximum atomic E-state index is 12.1. The normalized spacial score (nSPS) is 11.7. The number of halogens is 4.